The van der Waals surface area contributed by atoms with Gasteiger partial charge in [0.1, 0.15) is 0 Å². The van der Waals surface area contributed by atoms with Crippen LogP contribution < -0.4 is 10.5 Å². The first-order valence-corrected chi connectivity index (χ1v) is 6.50. The molecule has 0 aromatic heterocycles. The van der Waals surface area contributed by atoms with Crippen molar-refractivity contribution in [3.05, 3.63) is 23.3 Å². The molecule has 1 rings (SSSR count). The monoisotopic (exact) mass is 296 g/mol. The Morgan fingerprint density at radius 1 is 1.21 bits per heavy atom. The summed E-state index contributed by atoms with van der Waals surface area (Å²) in [4.78, 5) is 10.6. The van der Waals surface area contributed by atoms with E-state index in [0.29, 0.717) is 0 Å². The largest absolute Gasteiger partial charge is 0.471 e. The molecule has 0 aliphatic rings. The van der Waals surface area contributed by atoms with Crippen molar-refractivity contribution in [2.75, 3.05) is 5.32 Å². The van der Waals surface area contributed by atoms with Gasteiger partial charge in [0.2, 0.25) is 10.0 Å². The quantitative estimate of drug-likeness (QED) is 0.865. The van der Waals surface area contributed by atoms with E-state index in [2.05, 4.69) is 0 Å². The molecule has 5 nitrogen and oxygen atoms in total. The fourth-order valence-corrected chi connectivity index (χ4v) is 2.27. The van der Waals surface area contributed by atoms with E-state index >= 15 is 0 Å². The molecule has 3 N–H and O–H groups in total. The van der Waals surface area contributed by atoms with E-state index in [4.69, 9.17) is 5.14 Å². The zero-order valence-corrected chi connectivity index (χ0v) is 10.8. The molecule has 0 fully saturated rings. The van der Waals surface area contributed by atoms with Gasteiger partial charge in [-0.05, 0) is 37.1 Å². The van der Waals surface area contributed by atoms with Gasteiger partial charge in [0.25, 0.3) is 0 Å². The number of rotatable bonds is 2. The summed E-state index contributed by atoms with van der Waals surface area (Å²) in [6.07, 6.45) is -5.01. The number of hydrogen-bond donors (Lipinski definition) is 2. The minimum absolute atomic E-state index is 0.118. The predicted molar refractivity (Wildman–Crippen MR) is 62.0 cm³/mol. The van der Waals surface area contributed by atoms with Crippen LogP contribution in [-0.4, -0.2) is 20.5 Å². The number of alkyl halides is 3. The Bertz CT molecular complexity index is 624. The molecule has 0 unspecified atom stereocenters. The third-order valence-corrected chi connectivity index (χ3v) is 3.60. The summed E-state index contributed by atoms with van der Waals surface area (Å²) in [6, 6.07) is 2.11. The van der Waals surface area contributed by atoms with Crippen molar-refractivity contribution in [2.45, 2.75) is 24.9 Å². The van der Waals surface area contributed by atoms with Crippen LogP contribution in [0.2, 0.25) is 0 Å². The Morgan fingerprint density at radius 3 is 2.16 bits per heavy atom. The molecule has 19 heavy (non-hydrogen) atoms. The van der Waals surface area contributed by atoms with E-state index < -0.39 is 22.1 Å². The molecule has 0 aliphatic heterocycles. The Balaban J connectivity index is 3.22. The van der Waals surface area contributed by atoms with Gasteiger partial charge >= 0.3 is 12.1 Å². The first-order chi connectivity index (χ1) is 8.44. The maximum absolute atomic E-state index is 12.1. The van der Waals surface area contributed by atoms with Crippen molar-refractivity contribution in [1.82, 2.24) is 0 Å². The smallest absolute Gasteiger partial charge is 0.318 e. The van der Waals surface area contributed by atoms with Gasteiger partial charge in [-0.15, -0.1) is 0 Å². The van der Waals surface area contributed by atoms with Crippen molar-refractivity contribution in [2.24, 2.45) is 5.14 Å². The number of sulfonamides is 1. The minimum atomic E-state index is -5.01. The average molecular weight is 296 g/mol. The van der Waals surface area contributed by atoms with Gasteiger partial charge in [0.15, 0.2) is 0 Å². The Labute approximate surface area is 107 Å². The van der Waals surface area contributed by atoms with Gasteiger partial charge in [-0.2, -0.15) is 13.2 Å². The fourth-order valence-electron chi connectivity index (χ4n) is 1.43. The van der Waals surface area contributed by atoms with Gasteiger partial charge in [-0.25, -0.2) is 13.6 Å². The molecule has 0 saturated carbocycles. The van der Waals surface area contributed by atoms with Gasteiger partial charge < -0.3 is 5.32 Å². The van der Waals surface area contributed by atoms with E-state index in [1.165, 1.54) is 13.8 Å². The van der Waals surface area contributed by atoms with E-state index in [-0.39, 0.29) is 21.7 Å². The molecule has 0 bridgehead atoms. The molecular formula is C10H11F3N2O3S. The number of benzene rings is 1. The number of halogens is 3. The predicted octanol–water partition coefficient (Wildman–Crippen LogP) is 1.45. The number of nitrogens with two attached hydrogens (primary N) is 1. The molecule has 9 heteroatoms. The average Bonchev–Trinajstić information content (AvgIpc) is 2.21. The van der Waals surface area contributed by atoms with E-state index in [9.17, 15) is 26.4 Å². The molecule has 0 saturated heterocycles. The zero-order valence-electron chi connectivity index (χ0n) is 10.00. The van der Waals surface area contributed by atoms with Gasteiger partial charge in [-0.3, -0.25) is 4.79 Å². The first kappa shape index (κ1) is 15.4. The molecule has 0 spiro atoms. The van der Waals surface area contributed by atoms with Crippen LogP contribution in [0.5, 0.6) is 0 Å². The fraction of sp³-hybridized carbons (Fsp3) is 0.300. The molecule has 106 valence electrons. The molecule has 0 radical (unpaired) electrons. The molecule has 0 atom stereocenters. The Kier molecular flexibility index (Phi) is 3.92. The highest BCUT2D eigenvalue weighted by atomic mass is 32.2. The number of carbonyl (C=O) groups excluding carboxylic acids is 1. The number of carbonyl (C=O) groups is 1. The second-order valence-corrected chi connectivity index (χ2v) is 5.39. The van der Waals surface area contributed by atoms with Crippen molar-refractivity contribution in [3.8, 4) is 0 Å². The molecule has 0 aliphatic carbocycles. The minimum Gasteiger partial charge on any atom is -0.318 e. The number of hydrogen-bond acceptors (Lipinski definition) is 3. The first-order valence-electron chi connectivity index (χ1n) is 4.95. The maximum Gasteiger partial charge on any atom is 0.471 e. The van der Waals surface area contributed by atoms with Crippen molar-refractivity contribution in [1.29, 1.82) is 0 Å². The van der Waals surface area contributed by atoms with Crippen LogP contribution >= 0.6 is 0 Å². The van der Waals surface area contributed by atoms with Crippen LogP contribution in [0.3, 0.4) is 0 Å². The summed E-state index contributed by atoms with van der Waals surface area (Å²) in [6.45, 7) is 2.77. The van der Waals surface area contributed by atoms with Crippen LogP contribution in [-0.2, 0) is 14.8 Å². The third kappa shape index (κ3) is 3.44. The van der Waals surface area contributed by atoms with Crippen LogP contribution in [0.25, 0.3) is 0 Å². The number of primary sulfonamides is 1. The number of anilines is 1. The molecule has 0 heterocycles. The summed E-state index contributed by atoms with van der Waals surface area (Å²) in [5.74, 6) is -2.13. The SMILES string of the molecule is Cc1c(NC(=O)C(F)(F)F)ccc(S(N)(=O)=O)c1C. The van der Waals surface area contributed by atoms with E-state index in [1.54, 1.807) is 5.32 Å². The number of amides is 1. The van der Waals surface area contributed by atoms with E-state index in [0.717, 1.165) is 12.1 Å². The van der Waals surface area contributed by atoms with Crippen molar-refractivity contribution >= 4 is 21.6 Å². The zero-order chi connectivity index (χ0) is 15.0. The van der Waals surface area contributed by atoms with Crippen molar-refractivity contribution < 1.29 is 26.4 Å². The maximum atomic E-state index is 12.1. The van der Waals surface area contributed by atoms with Crippen LogP contribution in [0.1, 0.15) is 11.1 Å². The standard InChI is InChI=1S/C10H11F3N2O3S/c1-5-6(2)8(19(14,17)18)4-3-7(5)15-9(16)10(11,12)13/h3-4H,1-2H3,(H,15,16)(H2,14,17,18). The van der Waals surface area contributed by atoms with Crippen molar-refractivity contribution in [3.63, 3.8) is 0 Å². The van der Waals surface area contributed by atoms with Crippen LogP contribution in [0.4, 0.5) is 18.9 Å². The summed E-state index contributed by atoms with van der Waals surface area (Å²) in [7, 11) is -3.96. The Morgan fingerprint density at radius 2 is 1.74 bits per heavy atom. The lowest BCUT2D eigenvalue weighted by atomic mass is 10.1. The summed E-state index contributed by atoms with van der Waals surface area (Å²) >= 11 is 0. The highest BCUT2D eigenvalue weighted by Crippen LogP contribution is 2.26. The highest BCUT2D eigenvalue weighted by Gasteiger charge is 2.39. The lowest BCUT2D eigenvalue weighted by Crippen LogP contribution is -2.30. The van der Waals surface area contributed by atoms with Crippen LogP contribution in [0.15, 0.2) is 17.0 Å². The third-order valence-electron chi connectivity index (χ3n) is 2.55. The number of nitrogens with one attached hydrogen (secondary N) is 1. The summed E-state index contributed by atoms with van der Waals surface area (Å²) in [5.41, 5.74) is 0.263. The van der Waals surface area contributed by atoms with Gasteiger partial charge in [-0.1, -0.05) is 0 Å². The molecule has 1 aromatic rings. The lowest BCUT2D eigenvalue weighted by molar-refractivity contribution is -0.167. The highest BCUT2D eigenvalue weighted by molar-refractivity contribution is 7.89. The second-order valence-electron chi connectivity index (χ2n) is 3.86. The summed E-state index contributed by atoms with van der Waals surface area (Å²) in [5, 5.41) is 6.62. The van der Waals surface area contributed by atoms with Gasteiger partial charge in [0, 0.05) is 5.69 Å². The normalized spacial score (nSPS) is 12.3. The van der Waals surface area contributed by atoms with Crippen LogP contribution in [0, 0.1) is 13.8 Å². The van der Waals surface area contributed by atoms with E-state index in [1.807, 2.05) is 0 Å². The summed E-state index contributed by atoms with van der Waals surface area (Å²) < 4.78 is 58.7. The molecule has 1 amide bonds. The lowest BCUT2D eigenvalue weighted by Gasteiger charge is -2.14. The topological polar surface area (TPSA) is 89.3 Å². The Hall–Kier alpha value is -1.61. The van der Waals surface area contributed by atoms with Gasteiger partial charge in [0.05, 0.1) is 4.90 Å². The molecule has 1 aromatic carbocycles. The second kappa shape index (κ2) is 4.82. The molecular weight excluding hydrogens is 285 g/mol.